The average Bonchev–Trinajstić information content (AvgIpc) is 2.16. The Labute approximate surface area is 90.9 Å². The van der Waals surface area contributed by atoms with Gasteiger partial charge < -0.3 is 14.8 Å². The highest BCUT2D eigenvalue weighted by Gasteiger charge is 2.19. The zero-order valence-electron chi connectivity index (χ0n) is 9.61. The van der Waals surface area contributed by atoms with Crippen molar-refractivity contribution < 1.29 is 14.8 Å². The molecule has 0 bridgehead atoms. The molecule has 0 saturated heterocycles. The lowest BCUT2D eigenvalue weighted by molar-refractivity contribution is 0.403. The first-order valence-electron chi connectivity index (χ1n) is 5.02. The van der Waals surface area contributed by atoms with Gasteiger partial charge in [0.2, 0.25) is 0 Å². The van der Waals surface area contributed by atoms with Gasteiger partial charge in [0.15, 0.2) is 0 Å². The van der Waals surface area contributed by atoms with E-state index < -0.39 is 7.12 Å². The van der Waals surface area contributed by atoms with Crippen molar-refractivity contribution in [3.8, 4) is 5.75 Å². The molecular formula is C11H17BO3. The van der Waals surface area contributed by atoms with Crippen molar-refractivity contribution in [1.29, 1.82) is 0 Å². The summed E-state index contributed by atoms with van der Waals surface area (Å²) in [7, 11) is 0.0356. The van der Waals surface area contributed by atoms with Crippen LogP contribution in [0.3, 0.4) is 0 Å². The van der Waals surface area contributed by atoms with Crippen LogP contribution in [0.2, 0.25) is 0 Å². The molecule has 15 heavy (non-hydrogen) atoms. The minimum Gasteiger partial charge on any atom is -0.497 e. The molecule has 1 rings (SSSR count). The van der Waals surface area contributed by atoms with Crippen LogP contribution in [0.1, 0.15) is 30.9 Å². The second-order valence-corrected chi connectivity index (χ2v) is 3.98. The first-order chi connectivity index (χ1) is 6.97. The minimum atomic E-state index is -1.49. The number of aryl methyl sites for hydroxylation is 1. The Hall–Kier alpha value is -0.995. The molecule has 1 aromatic carbocycles. The van der Waals surface area contributed by atoms with Crippen LogP contribution in [-0.2, 0) is 0 Å². The van der Waals surface area contributed by atoms with Gasteiger partial charge in [0.25, 0.3) is 0 Å². The van der Waals surface area contributed by atoms with Crippen LogP contribution >= 0.6 is 0 Å². The molecule has 3 nitrogen and oxygen atoms in total. The van der Waals surface area contributed by atoms with Crippen LogP contribution < -0.4 is 10.2 Å². The van der Waals surface area contributed by atoms with Crippen LogP contribution in [0.15, 0.2) is 12.1 Å². The molecule has 0 saturated carbocycles. The molecule has 0 spiro atoms. The molecule has 0 unspecified atom stereocenters. The molecular weight excluding hydrogens is 191 g/mol. The summed E-state index contributed by atoms with van der Waals surface area (Å²) < 4.78 is 5.10. The predicted octanol–water partition coefficient (Wildman–Crippen LogP) is 0.807. The first-order valence-corrected chi connectivity index (χ1v) is 5.02. The van der Waals surface area contributed by atoms with E-state index in [0.29, 0.717) is 17.1 Å². The Morgan fingerprint density at radius 3 is 2.27 bits per heavy atom. The number of hydrogen-bond acceptors (Lipinski definition) is 3. The summed E-state index contributed by atoms with van der Waals surface area (Å²) in [5.74, 6) is 0.875. The number of benzene rings is 1. The summed E-state index contributed by atoms with van der Waals surface area (Å²) in [5.41, 5.74) is 2.64. The van der Waals surface area contributed by atoms with Crippen LogP contribution in [0, 0.1) is 6.92 Å². The van der Waals surface area contributed by atoms with E-state index in [0.717, 1.165) is 11.1 Å². The summed E-state index contributed by atoms with van der Waals surface area (Å²) >= 11 is 0. The van der Waals surface area contributed by atoms with E-state index in [4.69, 9.17) is 4.74 Å². The monoisotopic (exact) mass is 208 g/mol. The predicted molar refractivity (Wildman–Crippen MR) is 61.6 cm³/mol. The van der Waals surface area contributed by atoms with Crippen molar-refractivity contribution in [3.05, 3.63) is 23.3 Å². The number of methoxy groups -OCH3 is 1. The third-order valence-electron chi connectivity index (χ3n) is 2.52. The summed E-state index contributed by atoms with van der Waals surface area (Å²) in [5, 5.41) is 18.4. The first kappa shape index (κ1) is 12.1. The van der Waals surface area contributed by atoms with Gasteiger partial charge in [0.05, 0.1) is 7.11 Å². The van der Waals surface area contributed by atoms with Crippen molar-refractivity contribution in [1.82, 2.24) is 0 Å². The lowest BCUT2D eigenvalue weighted by Crippen LogP contribution is -2.32. The zero-order chi connectivity index (χ0) is 11.6. The number of ether oxygens (including phenoxy) is 1. The van der Waals surface area contributed by atoms with Gasteiger partial charge in [0, 0.05) is 5.46 Å². The summed E-state index contributed by atoms with van der Waals surface area (Å²) in [6.07, 6.45) is 0. The van der Waals surface area contributed by atoms with Gasteiger partial charge >= 0.3 is 7.12 Å². The molecule has 82 valence electrons. The van der Waals surface area contributed by atoms with E-state index in [1.807, 2.05) is 13.0 Å². The zero-order valence-corrected chi connectivity index (χ0v) is 9.61. The lowest BCUT2D eigenvalue weighted by Gasteiger charge is -2.15. The van der Waals surface area contributed by atoms with E-state index in [1.165, 1.54) is 7.11 Å². The van der Waals surface area contributed by atoms with Gasteiger partial charge in [-0.05, 0) is 30.0 Å². The van der Waals surface area contributed by atoms with E-state index in [1.54, 1.807) is 6.07 Å². The van der Waals surface area contributed by atoms with Gasteiger partial charge in [-0.2, -0.15) is 0 Å². The highest BCUT2D eigenvalue weighted by molar-refractivity contribution is 6.59. The second-order valence-electron chi connectivity index (χ2n) is 3.98. The average molecular weight is 208 g/mol. The van der Waals surface area contributed by atoms with Crippen molar-refractivity contribution in [3.63, 3.8) is 0 Å². The quantitative estimate of drug-likeness (QED) is 0.722. The molecule has 0 atom stereocenters. The molecule has 0 radical (unpaired) electrons. The maximum Gasteiger partial charge on any atom is 0.492 e. The van der Waals surface area contributed by atoms with Gasteiger partial charge in [-0.15, -0.1) is 0 Å². The Balaban J connectivity index is 3.30. The molecule has 2 N–H and O–H groups in total. The van der Waals surface area contributed by atoms with Gasteiger partial charge in [-0.3, -0.25) is 0 Å². The van der Waals surface area contributed by atoms with Crippen LogP contribution in [0.4, 0.5) is 0 Å². The smallest absolute Gasteiger partial charge is 0.492 e. The molecule has 1 aromatic rings. The number of rotatable bonds is 3. The highest BCUT2D eigenvalue weighted by Crippen LogP contribution is 2.22. The van der Waals surface area contributed by atoms with Crippen molar-refractivity contribution in [2.45, 2.75) is 26.7 Å². The van der Waals surface area contributed by atoms with Crippen LogP contribution in [0.5, 0.6) is 5.75 Å². The van der Waals surface area contributed by atoms with Gasteiger partial charge in [-0.25, -0.2) is 0 Å². The molecule has 0 amide bonds. The Morgan fingerprint density at radius 2 is 1.87 bits per heavy atom. The van der Waals surface area contributed by atoms with E-state index in [2.05, 4.69) is 13.8 Å². The fourth-order valence-corrected chi connectivity index (χ4v) is 1.72. The molecule has 0 aliphatic carbocycles. The lowest BCUT2D eigenvalue weighted by atomic mass is 9.77. The van der Waals surface area contributed by atoms with E-state index >= 15 is 0 Å². The summed E-state index contributed by atoms with van der Waals surface area (Å²) in [6.45, 7) is 6.13. The molecule has 0 aliphatic heterocycles. The van der Waals surface area contributed by atoms with Crippen molar-refractivity contribution in [2.24, 2.45) is 0 Å². The minimum absolute atomic E-state index is 0.355. The molecule has 4 heteroatoms. The topological polar surface area (TPSA) is 49.7 Å². The normalized spacial score (nSPS) is 10.6. The molecule has 0 heterocycles. The molecule has 0 aromatic heterocycles. The maximum absolute atomic E-state index is 9.21. The second kappa shape index (κ2) is 4.68. The maximum atomic E-state index is 9.21. The summed E-state index contributed by atoms with van der Waals surface area (Å²) in [4.78, 5) is 0. The SMILES string of the molecule is COc1cc(C)c(C(C)C)cc1B(O)O. The Bertz CT molecular complexity index is 348. The van der Waals surface area contributed by atoms with Gasteiger partial charge in [-0.1, -0.05) is 19.9 Å². The fourth-order valence-electron chi connectivity index (χ4n) is 1.72. The third-order valence-corrected chi connectivity index (χ3v) is 2.52. The van der Waals surface area contributed by atoms with Crippen molar-refractivity contribution >= 4 is 12.6 Å². The van der Waals surface area contributed by atoms with E-state index in [-0.39, 0.29) is 0 Å². The van der Waals surface area contributed by atoms with Gasteiger partial charge in [0.1, 0.15) is 5.75 Å². The Kier molecular flexibility index (Phi) is 3.77. The van der Waals surface area contributed by atoms with Crippen LogP contribution in [0.25, 0.3) is 0 Å². The fraction of sp³-hybridized carbons (Fsp3) is 0.455. The Morgan fingerprint density at radius 1 is 1.27 bits per heavy atom. The van der Waals surface area contributed by atoms with Crippen LogP contribution in [-0.4, -0.2) is 24.3 Å². The largest absolute Gasteiger partial charge is 0.497 e. The standard InChI is InChI=1S/C11H17BO3/c1-7(2)9-6-10(12(13)14)11(15-4)5-8(9)3/h5-7,13-14H,1-4H3. The summed E-state index contributed by atoms with van der Waals surface area (Å²) in [6, 6.07) is 3.63. The molecule has 0 aliphatic rings. The van der Waals surface area contributed by atoms with E-state index in [9.17, 15) is 10.0 Å². The highest BCUT2D eigenvalue weighted by atomic mass is 16.5. The number of hydrogen-bond donors (Lipinski definition) is 2. The molecule has 0 fully saturated rings. The third kappa shape index (κ3) is 2.52. The van der Waals surface area contributed by atoms with Crippen molar-refractivity contribution in [2.75, 3.05) is 7.11 Å².